The lowest BCUT2D eigenvalue weighted by atomic mass is 10.2. The summed E-state index contributed by atoms with van der Waals surface area (Å²) in [5.41, 5.74) is 2.55. The van der Waals surface area contributed by atoms with Crippen LogP contribution < -0.4 is 5.32 Å². The molecule has 1 rings (SSSR count). The van der Waals surface area contributed by atoms with E-state index in [0.29, 0.717) is 6.04 Å². The van der Waals surface area contributed by atoms with Gasteiger partial charge in [0.15, 0.2) is 0 Å². The first-order valence-electron chi connectivity index (χ1n) is 7.47. The highest BCUT2D eigenvalue weighted by molar-refractivity contribution is 5.16. The zero-order chi connectivity index (χ0) is 14.3. The Labute approximate surface area is 118 Å². The molecule has 0 radical (unpaired) electrons. The van der Waals surface area contributed by atoms with Crippen molar-refractivity contribution in [2.24, 2.45) is 7.05 Å². The molecule has 0 saturated carbocycles. The average molecular weight is 266 g/mol. The van der Waals surface area contributed by atoms with Crippen molar-refractivity contribution in [1.29, 1.82) is 0 Å². The minimum Gasteiger partial charge on any atom is -0.313 e. The summed E-state index contributed by atoms with van der Waals surface area (Å²) < 4.78 is 1.91. The number of unbranched alkanes of at least 4 members (excludes halogenated alkanes) is 1. The number of aromatic nitrogens is 2. The smallest absolute Gasteiger partial charge is 0.0666 e. The fraction of sp³-hybridized carbons (Fsp3) is 0.800. The summed E-state index contributed by atoms with van der Waals surface area (Å²) in [4.78, 5) is 2.40. The Hall–Kier alpha value is -0.870. The van der Waals surface area contributed by atoms with Crippen LogP contribution >= 0.6 is 0 Å². The van der Waals surface area contributed by atoms with Crippen LogP contribution in [0.25, 0.3) is 0 Å². The Balaban J connectivity index is 2.14. The second-order valence-corrected chi connectivity index (χ2v) is 5.59. The molecule has 0 aliphatic rings. The van der Waals surface area contributed by atoms with Crippen molar-refractivity contribution in [2.45, 2.75) is 52.6 Å². The summed E-state index contributed by atoms with van der Waals surface area (Å²) in [5, 5.41) is 7.98. The SMILES string of the molecule is CCc1nn(C)cc1CNCCCCN(C)C(C)C. The lowest BCUT2D eigenvalue weighted by Gasteiger charge is -2.20. The number of aryl methyl sites for hydroxylation is 2. The molecule has 0 unspecified atom stereocenters. The standard InChI is InChI=1S/C15H30N4/c1-6-15-14(12-19(5)17-15)11-16-9-7-8-10-18(4)13(2)3/h12-13,16H,6-11H2,1-5H3. The Morgan fingerprint density at radius 2 is 2.11 bits per heavy atom. The van der Waals surface area contributed by atoms with E-state index in [-0.39, 0.29) is 0 Å². The fourth-order valence-corrected chi connectivity index (χ4v) is 2.12. The third kappa shape index (κ3) is 5.74. The molecule has 0 atom stereocenters. The van der Waals surface area contributed by atoms with Crippen molar-refractivity contribution in [3.63, 3.8) is 0 Å². The molecule has 0 amide bonds. The van der Waals surface area contributed by atoms with Gasteiger partial charge >= 0.3 is 0 Å². The van der Waals surface area contributed by atoms with Crippen molar-refractivity contribution in [3.8, 4) is 0 Å². The van der Waals surface area contributed by atoms with Gasteiger partial charge in [-0.1, -0.05) is 6.92 Å². The summed E-state index contributed by atoms with van der Waals surface area (Å²) >= 11 is 0. The van der Waals surface area contributed by atoms with E-state index in [1.54, 1.807) is 0 Å². The minimum atomic E-state index is 0.649. The third-order valence-corrected chi connectivity index (χ3v) is 3.64. The normalized spacial score (nSPS) is 11.7. The van der Waals surface area contributed by atoms with E-state index in [2.05, 4.69) is 49.3 Å². The topological polar surface area (TPSA) is 33.1 Å². The average Bonchev–Trinajstić information content (AvgIpc) is 2.73. The molecule has 1 N–H and O–H groups in total. The van der Waals surface area contributed by atoms with E-state index >= 15 is 0 Å². The molecule has 1 heterocycles. The molecule has 4 heteroatoms. The summed E-state index contributed by atoms with van der Waals surface area (Å²) in [6.07, 6.45) is 5.63. The van der Waals surface area contributed by atoms with Crippen LogP contribution in [0.2, 0.25) is 0 Å². The second kappa shape index (κ2) is 8.33. The maximum absolute atomic E-state index is 4.46. The van der Waals surface area contributed by atoms with Crippen molar-refractivity contribution in [1.82, 2.24) is 20.0 Å². The summed E-state index contributed by atoms with van der Waals surface area (Å²) in [7, 11) is 4.19. The van der Waals surface area contributed by atoms with Crippen molar-refractivity contribution < 1.29 is 0 Å². The van der Waals surface area contributed by atoms with Gasteiger partial charge in [-0.2, -0.15) is 5.10 Å². The van der Waals surface area contributed by atoms with E-state index in [4.69, 9.17) is 0 Å². The highest BCUT2D eigenvalue weighted by atomic mass is 15.3. The minimum absolute atomic E-state index is 0.649. The number of hydrogen-bond donors (Lipinski definition) is 1. The molecule has 1 aromatic heterocycles. The lowest BCUT2D eigenvalue weighted by molar-refractivity contribution is 0.268. The van der Waals surface area contributed by atoms with Gasteiger partial charge in [-0.15, -0.1) is 0 Å². The zero-order valence-corrected chi connectivity index (χ0v) is 13.2. The highest BCUT2D eigenvalue weighted by Crippen LogP contribution is 2.06. The largest absolute Gasteiger partial charge is 0.313 e. The van der Waals surface area contributed by atoms with Crippen LogP contribution in [0, 0.1) is 0 Å². The highest BCUT2D eigenvalue weighted by Gasteiger charge is 2.05. The van der Waals surface area contributed by atoms with Gasteiger partial charge in [-0.05, 0) is 53.2 Å². The Kier molecular flexibility index (Phi) is 7.10. The zero-order valence-electron chi connectivity index (χ0n) is 13.2. The Morgan fingerprint density at radius 3 is 2.74 bits per heavy atom. The first-order valence-corrected chi connectivity index (χ1v) is 7.47. The maximum Gasteiger partial charge on any atom is 0.0666 e. The lowest BCUT2D eigenvalue weighted by Crippen LogP contribution is -2.27. The van der Waals surface area contributed by atoms with Crippen molar-refractivity contribution in [2.75, 3.05) is 20.1 Å². The number of hydrogen-bond acceptors (Lipinski definition) is 3. The van der Waals surface area contributed by atoms with Gasteiger partial charge < -0.3 is 10.2 Å². The van der Waals surface area contributed by atoms with Crippen LogP contribution in [-0.4, -0.2) is 40.9 Å². The van der Waals surface area contributed by atoms with E-state index in [9.17, 15) is 0 Å². The first kappa shape index (κ1) is 16.2. The Morgan fingerprint density at radius 1 is 1.37 bits per heavy atom. The number of nitrogens with one attached hydrogen (secondary N) is 1. The summed E-state index contributed by atoms with van der Waals surface area (Å²) in [6.45, 7) is 9.86. The summed E-state index contributed by atoms with van der Waals surface area (Å²) in [6, 6.07) is 0.649. The molecule has 19 heavy (non-hydrogen) atoms. The van der Waals surface area contributed by atoms with Gasteiger partial charge in [-0.25, -0.2) is 0 Å². The van der Waals surface area contributed by atoms with E-state index in [0.717, 1.165) is 19.5 Å². The molecule has 110 valence electrons. The first-order chi connectivity index (χ1) is 9.04. The number of nitrogens with zero attached hydrogens (tertiary/aromatic N) is 3. The van der Waals surface area contributed by atoms with Crippen molar-refractivity contribution in [3.05, 3.63) is 17.5 Å². The molecule has 0 saturated heterocycles. The fourth-order valence-electron chi connectivity index (χ4n) is 2.12. The van der Waals surface area contributed by atoms with Crippen LogP contribution in [0.4, 0.5) is 0 Å². The predicted octanol–water partition coefficient (Wildman–Crippen LogP) is 2.19. The van der Waals surface area contributed by atoms with Gasteiger partial charge in [0.2, 0.25) is 0 Å². The molecular weight excluding hydrogens is 236 g/mol. The predicted molar refractivity (Wildman–Crippen MR) is 81.3 cm³/mol. The molecule has 0 spiro atoms. The van der Waals surface area contributed by atoms with Crippen LogP contribution in [0.5, 0.6) is 0 Å². The monoisotopic (exact) mass is 266 g/mol. The van der Waals surface area contributed by atoms with Crippen molar-refractivity contribution >= 4 is 0 Å². The van der Waals surface area contributed by atoms with E-state index in [1.807, 2.05) is 11.7 Å². The van der Waals surface area contributed by atoms with Crippen LogP contribution in [0.1, 0.15) is 44.9 Å². The van der Waals surface area contributed by atoms with Gasteiger partial charge in [0.25, 0.3) is 0 Å². The van der Waals surface area contributed by atoms with Crippen LogP contribution in [0.15, 0.2) is 6.20 Å². The summed E-state index contributed by atoms with van der Waals surface area (Å²) in [5.74, 6) is 0. The third-order valence-electron chi connectivity index (χ3n) is 3.64. The molecule has 0 fully saturated rings. The molecule has 0 aliphatic heterocycles. The maximum atomic E-state index is 4.46. The van der Waals surface area contributed by atoms with Gasteiger partial charge in [0.05, 0.1) is 5.69 Å². The molecule has 0 aromatic carbocycles. The van der Waals surface area contributed by atoms with Gasteiger partial charge in [-0.3, -0.25) is 4.68 Å². The van der Waals surface area contributed by atoms with E-state index in [1.165, 1.54) is 30.6 Å². The number of rotatable bonds is 9. The van der Waals surface area contributed by atoms with Crippen LogP contribution in [0.3, 0.4) is 0 Å². The molecule has 1 aromatic rings. The molecule has 0 aliphatic carbocycles. The molecule has 0 bridgehead atoms. The van der Waals surface area contributed by atoms with Gasteiger partial charge in [0, 0.05) is 31.4 Å². The second-order valence-electron chi connectivity index (χ2n) is 5.59. The van der Waals surface area contributed by atoms with Gasteiger partial charge in [0.1, 0.15) is 0 Å². The quantitative estimate of drug-likeness (QED) is 0.696. The molecule has 4 nitrogen and oxygen atoms in total. The van der Waals surface area contributed by atoms with Crippen LogP contribution in [-0.2, 0) is 20.0 Å². The Bertz CT molecular complexity index is 357. The molecular formula is C15H30N4. The van der Waals surface area contributed by atoms with E-state index < -0.39 is 0 Å².